The van der Waals surface area contributed by atoms with Crippen molar-refractivity contribution in [1.82, 2.24) is 4.98 Å². The number of hydrogen-bond acceptors (Lipinski definition) is 4. The van der Waals surface area contributed by atoms with Gasteiger partial charge in [-0.15, -0.1) is 0 Å². The SMILES string of the molecule is CC(=O)OC(=O)Nc1ccccc1-c1ccccn1. The lowest BCUT2D eigenvalue weighted by atomic mass is 10.1. The number of amides is 1. The molecule has 0 bridgehead atoms. The van der Waals surface area contributed by atoms with Crippen LogP contribution in [0.4, 0.5) is 10.5 Å². The van der Waals surface area contributed by atoms with Crippen molar-refractivity contribution in [2.75, 3.05) is 5.32 Å². The predicted molar refractivity (Wildman–Crippen MR) is 70.5 cm³/mol. The molecule has 5 heteroatoms. The molecule has 1 aromatic carbocycles. The number of carbonyl (C=O) groups excluding carboxylic acids is 2. The van der Waals surface area contributed by atoms with Crippen LogP contribution in [0.15, 0.2) is 48.7 Å². The monoisotopic (exact) mass is 256 g/mol. The van der Waals surface area contributed by atoms with Gasteiger partial charge in [-0.3, -0.25) is 15.1 Å². The van der Waals surface area contributed by atoms with Crippen LogP contribution in [0.5, 0.6) is 0 Å². The number of hydrogen-bond donors (Lipinski definition) is 1. The summed E-state index contributed by atoms with van der Waals surface area (Å²) in [5.74, 6) is -0.659. The number of carbonyl (C=O) groups is 2. The maximum Gasteiger partial charge on any atom is 0.419 e. The van der Waals surface area contributed by atoms with E-state index in [9.17, 15) is 9.59 Å². The molecule has 0 atom stereocenters. The Labute approximate surface area is 110 Å². The van der Waals surface area contributed by atoms with E-state index in [1.165, 1.54) is 6.92 Å². The minimum Gasteiger partial charge on any atom is -0.376 e. The maximum absolute atomic E-state index is 11.4. The van der Waals surface area contributed by atoms with Crippen LogP contribution in [0.3, 0.4) is 0 Å². The second-order valence-corrected chi connectivity index (χ2v) is 3.77. The zero-order chi connectivity index (χ0) is 13.7. The molecule has 19 heavy (non-hydrogen) atoms. The summed E-state index contributed by atoms with van der Waals surface area (Å²) in [7, 11) is 0. The Balaban J connectivity index is 2.27. The van der Waals surface area contributed by atoms with Gasteiger partial charge < -0.3 is 4.74 Å². The molecule has 0 radical (unpaired) electrons. The average molecular weight is 256 g/mol. The van der Waals surface area contributed by atoms with E-state index in [4.69, 9.17) is 0 Å². The van der Waals surface area contributed by atoms with Gasteiger partial charge in [-0.1, -0.05) is 24.3 Å². The first kappa shape index (κ1) is 12.8. The van der Waals surface area contributed by atoms with E-state index in [1.54, 1.807) is 18.3 Å². The van der Waals surface area contributed by atoms with Crippen molar-refractivity contribution < 1.29 is 14.3 Å². The third-order valence-corrected chi connectivity index (χ3v) is 2.34. The van der Waals surface area contributed by atoms with Crippen molar-refractivity contribution in [2.45, 2.75) is 6.92 Å². The number of pyridine rings is 1. The van der Waals surface area contributed by atoms with Gasteiger partial charge in [-0.05, 0) is 18.2 Å². The van der Waals surface area contributed by atoms with Gasteiger partial charge in [0.25, 0.3) is 0 Å². The van der Waals surface area contributed by atoms with Crippen LogP contribution in [0.2, 0.25) is 0 Å². The third kappa shape index (κ3) is 3.38. The van der Waals surface area contributed by atoms with Gasteiger partial charge in [-0.2, -0.15) is 0 Å². The van der Waals surface area contributed by atoms with Crippen molar-refractivity contribution in [1.29, 1.82) is 0 Å². The van der Waals surface area contributed by atoms with Crippen LogP contribution in [0, 0.1) is 0 Å². The number of esters is 1. The molecule has 0 aliphatic rings. The van der Waals surface area contributed by atoms with Crippen LogP contribution in [-0.4, -0.2) is 17.0 Å². The largest absolute Gasteiger partial charge is 0.419 e. The van der Waals surface area contributed by atoms with Crippen LogP contribution in [-0.2, 0) is 9.53 Å². The Hall–Kier alpha value is -2.69. The summed E-state index contributed by atoms with van der Waals surface area (Å²) in [6, 6.07) is 12.6. The Morgan fingerprint density at radius 2 is 1.84 bits per heavy atom. The lowest BCUT2D eigenvalue weighted by Crippen LogP contribution is -2.16. The number of nitrogens with zero attached hydrogens (tertiary/aromatic N) is 1. The molecule has 2 rings (SSSR count). The lowest BCUT2D eigenvalue weighted by Gasteiger charge is -2.09. The number of aromatic nitrogens is 1. The molecular weight excluding hydrogens is 244 g/mol. The van der Waals surface area contributed by atoms with E-state index in [1.807, 2.05) is 30.3 Å². The van der Waals surface area contributed by atoms with Gasteiger partial charge in [0.05, 0.1) is 11.4 Å². The zero-order valence-electron chi connectivity index (χ0n) is 10.3. The summed E-state index contributed by atoms with van der Waals surface area (Å²) in [5.41, 5.74) is 2.01. The summed E-state index contributed by atoms with van der Waals surface area (Å²) in [6.45, 7) is 1.17. The summed E-state index contributed by atoms with van der Waals surface area (Å²) < 4.78 is 4.44. The van der Waals surface area contributed by atoms with E-state index in [2.05, 4.69) is 15.0 Å². The third-order valence-electron chi connectivity index (χ3n) is 2.34. The average Bonchev–Trinajstić information content (AvgIpc) is 2.39. The Morgan fingerprint density at radius 1 is 1.11 bits per heavy atom. The molecule has 0 aliphatic carbocycles. The van der Waals surface area contributed by atoms with Crippen molar-refractivity contribution in [3.63, 3.8) is 0 Å². The summed E-state index contributed by atoms with van der Waals surface area (Å²) in [6.07, 6.45) is 0.857. The van der Waals surface area contributed by atoms with Crippen LogP contribution >= 0.6 is 0 Å². The van der Waals surface area contributed by atoms with Crippen molar-refractivity contribution in [3.8, 4) is 11.3 Å². The first-order valence-corrected chi connectivity index (χ1v) is 5.66. The fraction of sp³-hybridized carbons (Fsp3) is 0.0714. The standard InChI is InChI=1S/C14H12N2O3/c1-10(17)19-14(18)16-13-8-3-2-6-11(13)12-7-4-5-9-15-12/h2-9H,1H3,(H,16,18). The molecule has 1 N–H and O–H groups in total. The molecule has 1 amide bonds. The zero-order valence-corrected chi connectivity index (χ0v) is 10.3. The highest BCUT2D eigenvalue weighted by Gasteiger charge is 2.10. The molecule has 0 aliphatic heterocycles. The number of ether oxygens (including phenoxy) is 1. The Bertz CT molecular complexity index is 597. The van der Waals surface area contributed by atoms with Crippen LogP contribution in [0.1, 0.15) is 6.92 Å². The van der Waals surface area contributed by atoms with Gasteiger partial charge in [0.1, 0.15) is 0 Å². The fourth-order valence-corrected chi connectivity index (χ4v) is 1.60. The Morgan fingerprint density at radius 3 is 2.53 bits per heavy atom. The topological polar surface area (TPSA) is 68.3 Å². The summed E-state index contributed by atoms with van der Waals surface area (Å²) in [4.78, 5) is 26.4. The van der Waals surface area contributed by atoms with Gasteiger partial charge in [0, 0.05) is 18.7 Å². The van der Waals surface area contributed by atoms with Crippen LogP contribution < -0.4 is 5.32 Å². The van der Waals surface area contributed by atoms with Gasteiger partial charge in [-0.25, -0.2) is 4.79 Å². The minimum absolute atomic E-state index is 0.535. The van der Waals surface area contributed by atoms with E-state index in [-0.39, 0.29) is 0 Å². The number of para-hydroxylation sites is 1. The first-order valence-electron chi connectivity index (χ1n) is 5.66. The summed E-state index contributed by atoms with van der Waals surface area (Å²) in [5, 5.41) is 2.52. The second kappa shape index (κ2) is 5.77. The normalized spacial score (nSPS) is 9.74. The fourth-order valence-electron chi connectivity index (χ4n) is 1.60. The minimum atomic E-state index is -0.809. The number of benzene rings is 1. The van der Waals surface area contributed by atoms with E-state index in [0.29, 0.717) is 5.69 Å². The summed E-state index contributed by atoms with van der Waals surface area (Å²) >= 11 is 0. The molecule has 0 spiro atoms. The molecule has 0 fully saturated rings. The highest BCUT2D eigenvalue weighted by molar-refractivity contribution is 5.95. The number of rotatable bonds is 2. The molecule has 0 saturated heterocycles. The number of anilines is 1. The molecule has 2 aromatic rings. The quantitative estimate of drug-likeness (QED) is 0.662. The molecule has 1 aromatic heterocycles. The highest BCUT2D eigenvalue weighted by Crippen LogP contribution is 2.25. The van der Waals surface area contributed by atoms with Crippen molar-refractivity contribution in [3.05, 3.63) is 48.7 Å². The van der Waals surface area contributed by atoms with Crippen molar-refractivity contribution >= 4 is 17.7 Å². The Kier molecular flexibility index (Phi) is 3.87. The molecular formula is C14H12N2O3. The van der Waals surface area contributed by atoms with Gasteiger partial charge >= 0.3 is 12.1 Å². The van der Waals surface area contributed by atoms with E-state index in [0.717, 1.165) is 11.3 Å². The van der Waals surface area contributed by atoms with E-state index >= 15 is 0 Å². The lowest BCUT2D eigenvalue weighted by molar-refractivity contribution is -0.134. The van der Waals surface area contributed by atoms with Gasteiger partial charge in [0.15, 0.2) is 0 Å². The predicted octanol–water partition coefficient (Wildman–Crippen LogP) is 2.84. The van der Waals surface area contributed by atoms with Crippen LogP contribution in [0.25, 0.3) is 11.3 Å². The molecule has 0 saturated carbocycles. The smallest absolute Gasteiger partial charge is 0.376 e. The van der Waals surface area contributed by atoms with Crippen molar-refractivity contribution in [2.24, 2.45) is 0 Å². The maximum atomic E-state index is 11.4. The van der Waals surface area contributed by atoms with Gasteiger partial charge in [0.2, 0.25) is 0 Å². The molecule has 0 unspecified atom stereocenters. The molecule has 96 valence electrons. The van der Waals surface area contributed by atoms with E-state index < -0.39 is 12.1 Å². The highest BCUT2D eigenvalue weighted by atomic mass is 16.6. The molecule has 5 nitrogen and oxygen atoms in total. The number of nitrogens with one attached hydrogen (secondary N) is 1. The second-order valence-electron chi connectivity index (χ2n) is 3.77. The first-order chi connectivity index (χ1) is 9.16. The molecule has 1 heterocycles.